The van der Waals surface area contributed by atoms with Crippen molar-refractivity contribution in [3.05, 3.63) is 77.6 Å². The van der Waals surface area contributed by atoms with Gasteiger partial charge in [-0.1, -0.05) is 54.6 Å². The van der Waals surface area contributed by atoms with Crippen molar-refractivity contribution in [3.63, 3.8) is 0 Å². The maximum atomic E-state index is 13.4. The van der Waals surface area contributed by atoms with Crippen LogP contribution >= 0.6 is 0 Å². The van der Waals surface area contributed by atoms with Crippen LogP contribution < -0.4 is 0 Å². The van der Waals surface area contributed by atoms with Crippen molar-refractivity contribution in [3.8, 4) is 11.4 Å². The molecule has 0 unspecified atom stereocenters. The molecule has 2 fully saturated rings. The molecule has 1 amide bonds. The van der Waals surface area contributed by atoms with Crippen LogP contribution in [0.3, 0.4) is 0 Å². The molecule has 2 aliphatic heterocycles. The standard InChI is InChI=1S/C25H28N4O/c1-17-9-7-8-12-20(17)23-21-16-29(15-19(21)14-27(23)2)25(30)22-13-26-24(28(22)3)18-10-5-4-6-11-18/h4-13,19,21,23H,14-16H2,1-3H3/t19-,21+,23+/m0/s1. The lowest BCUT2D eigenvalue weighted by Crippen LogP contribution is -2.34. The van der Waals surface area contributed by atoms with Gasteiger partial charge in [-0.05, 0) is 31.0 Å². The van der Waals surface area contributed by atoms with Crippen molar-refractivity contribution in [2.75, 3.05) is 26.7 Å². The molecule has 2 aliphatic rings. The zero-order valence-corrected chi connectivity index (χ0v) is 17.8. The number of hydrogen-bond acceptors (Lipinski definition) is 3. The van der Waals surface area contributed by atoms with Crippen LogP contribution in [-0.2, 0) is 7.05 Å². The van der Waals surface area contributed by atoms with Crippen LogP contribution in [0.1, 0.15) is 27.7 Å². The van der Waals surface area contributed by atoms with Crippen LogP contribution in [0.15, 0.2) is 60.8 Å². The second-order valence-electron chi connectivity index (χ2n) is 8.77. The molecule has 0 bridgehead atoms. The van der Waals surface area contributed by atoms with E-state index in [0.717, 1.165) is 31.0 Å². The lowest BCUT2D eigenvalue weighted by atomic mass is 9.88. The monoisotopic (exact) mass is 400 g/mol. The number of hydrogen-bond donors (Lipinski definition) is 0. The van der Waals surface area contributed by atoms with Crippen molar-refractivity contribution < 1.29 is 4.79 Å². The van der Waals surface area contributed by atoms with Gasteiger partial charge in [0.1, 0.15) is 11.5 Å². The Bertz CT molecular complexity index is 1070. The van der Waals surface area contributed by atoms with Gasteiger partial charge in [0.2, 0.25) is 0 Å². The van der Waals surface area contributed by atoms with E-state index >= 15 is 0 Å². The van der Waals surface area contributed by atoms with Crippen molar-refractivity contribution >= 4 is 5.91 Å². The van der Waals surface area contributed by atoms with Crippen LogP contribution in [0.2, 0.25) is 0 Å². The summed E-state index contributed by atoms with van der Waals surface area (Å²) in [4.78, 5) is 22.4. The Balaban J connectivity index is 1.39. The topological polar surface area (TPSA) is 41.4 Å². The number of rotatable bonds is 3. The zero-order valence-electron chi connectivity index (χ0n) is 17.8. The molecule has 0 aliphatic carbocycles. The minimum Gasteiger partial charge on any atom is -0.337 e. The molecule has 30 heavy (non-hydrogen) atoms. The molecular formula is C25H28N4O. The van der Waals surface area contributed by atoms with Crippen molar-refractivity contribution in [2.45, 2.75) is 13.0 Å². The van der Waals surface area contributed by atoms with Gasteiger partial charge in [0.05, 0.1) is 6.20 Å². The molecule has 0 saturated carbocycles. The molecule has 5 nitrogen and oxygen atoms in total. The number of amides is 1. The fraction of sp³-hybridized carbons (Fsp3) is 0.360. The predicted molar refractivity (Wildman–Crippen MR) is 118 cm³/mol. The number of carbonyl (C=O) groups excluding carboxylic acids is 1. The van der Waals surface area contributed by atoms with Gasteiger partial charge in [-0.25, -0.2) is 4.98 Å². The molecule has 0 N–H and O–H groups in total. The van der Waals surface area contributed by atoms with E-state index in [1.54, 1.807) is 6.20 Å². The Kier molecular flexibility index (Phi) is 4.70. The number of carbonyl (C=O) groups is 1. The summed E-state index contributed by atoms with van der Waals surface area (Å²) in [6.07, 6.45) is 1.73. The second kappa shape index (κ2) is 7.40. The molecule has 1 aromatic heterocycles. The van der Waals surface area contributed by atoms with Crippen molar-refractivity contribution in [2.24, 2.45) is 18.9 Å². The van der Waals surface area contributed by atoms with E-state index in [1.165, 1.54) is 11.1 Å². The SMILES string of the molecule is Cc1ccccc1[C@@H]1[C@@H]2CN(C(=O)c3cnc(-c4ccccc4)n3C)C[C@@H]2CN1C. The van der Waals surface area contributed by atoms with E-state index in [4.69, 9.17) is 0 Å². The first-order chi connectivity index (χ1) is 14.5. The normalized spacial score (nSPS) is 23.7. The second-order valence-corrected chi connectivity index (χ2v) is 8.77. The highest BCUT2D eigenvalue weighted by Gasteiger charge is 2.47. The molecule has 154 valence electrons. The largest absolute Gasteiger partial charge is 0.337 e. The highest BCUT2D eigenvalue weighted by molar-refractivity contribution is 5.93. The maximum Gasteiger partial charge on any atom is 0.272 e. The molecule has 3 aromatic rings. The van der Waals surface area contributed by atoms with Gasteiger partial charge >= 0.3 is 0 Å². The third-order valence-electron chi connectivity index (χ3n) is 6.93. The summed E-state index contributed by atoms with van der Waals surface area (Å²) in [5.74, 6) is 1.91. The molecule has 5 rings (SSSR count). The summed E-state index contributed by atoms with van der Waals surface area (Å²) in [5.41, 5.74) is 4.42. The molecular weight excluding hydrogens is 372 g/mol. The summed E-state index contributed by atoms with van der Waals surface area (Å²) < 4.78 is 1.93. The summed E-state index contributed by atoms with van der Waals surface area (Å²) >= 11 is 0. The summed E-state index contributed by atoms with van der Waals surface area (Å²) in [6.45, 7) is 4.85. The first-order valence-corrected chi connectivity index (χ1v) is 10.7. The third kappa shape index (κ3) is 3.05. The number of aromatic nitrogens is 2. The summed E-state index contributed by atoms with van der Waals surface area (Å²) in [6, 6.07) is 19.1. The summed E-state index contributed by atoms with van der Waals surface area (Å²) in [5, 5.41) is 0. The average molecular weight is 401 g/mol. The van der Waals surface area contributed by atoms with Gasteiger partial charge in [0.15, 0.2) is 0 Å². The quantitative estimate of drug-likeness (QED) is 0.672. The average Bonchev–Trinajstić information content (AvgIpc) is 3.41. The lowest BCUT2D eigenvalue weighted by molar-refractivity contribution is 0.0758. The number of aryl methyl sites for hydroxylation is 1. The molecule has 0 radical (unpaired) electrons. The van der Waals surface area contributed by atoms with E-state index < -0.39 is 0 Å². The van der Waals surface area contributed by atoms with Crippen LogP contribution in [-0.4, -0.2) is 51.9 Å². The Morgan fingerprint density at radius 1 is 0.967 bits per heavy atom. The molecule has 5 heteroatoms. The van der Waals surface area contributed by atoms with Crippen molar-refractivity contribution in [1.29, 1.82) is 0 Å². The van der Waals surface area contributed by atoms with E-state index in [9.17, 15) is 4.79 Å². The third-order valence-corrected chi connectivity index (χ3v) is 6.93. The van der Waals surface area contributed by atoms with Gasteiger partial charge in [0, 0.05) is 44.2 Å². The highest BCUT2D eigenvalue weighted by Crippen LogP contribution is 2.45. The van der Waals surface area contributed by atoms with Gasteiger partial charge in [-0.3, -0.25) is 9.69 Å². The molecule has 0 spiro atoms. The van der Waals surface area contributed by atoms with Crippen LogP contribution in [0.25, 0.3) is 11.4 Å². The first-order valence-electron chi connectivity index (χ1n) is 10.7. The van der Waals surface area contributed by atoms with Gasteiger partial charge in [-0.2, -0.15) is 0 Å². The van der Waals surface area contributed by atoms with E-state index in [-0.39, 0.29) is 5.91 Å². The molecule has 3 atom stereocenters. The first kappa shape index (κ1) is 19.1. The lowest BCUT2D eigenvalue weighted by Gasteiger charge is -2.28. The van der Waals surface area contributed by atoms with E-state index in [2.05, 4.69) is 48.1 Å². The molecule has 3 heterocycles. The Labute approximate surface area is 178 Å². The van der Waals surface area contributed by atoms with Crippen molar-refractivity contribution in [1.82, 2.24) is 19.4 Å². The van der Waals surface area contributed by atoms with E-state index in [1.807, 2.05) is 46.8 Å². The molecule has 2 saturated heterocycles. The predicted octanol–water partition coefficient (Wildman–Crippen LogP) is 3.77. The van der Waals surface area contributed by atoms with Gasteiger partial charge in [-0.15, -0.1) is 0 Å². The minimum absolute atomic E-state index is 0.0905. The van der Waals surface area contributed by atoms with E-state index in [0.29, 0.717) is 23.6 Å². The highest BCUT2D eigenvalue weighted by atomic mass is 16.2. The van der Waals surface area contributed by atoms with Gasteiger partial charge in [0.25, 0.3) is 5.91 Å². The zero-order chi connectivity index (χ0) is 20.8. The Morgan fingerprint density at radius 3 is 2.47 bits per heavy atom. The number of benzene rings is 2. The van der Waals surface area contributed by atoms with Crippen LogP contribution in [0.5, 0.6) is 0 Å². The fourth-order valence-electron chi connectivity index (χ4n) is 5.44. The number of fused-ring (bicyclic) bond motifs is 1. The van der Waals surface area contributed by atoms with Crippen LogP contribution in [0.4, 0.5) is 0 Å². The number of likely N-dealkylation sites (tertiary alicyclic amines) is 2. The number of imidazole rings is 1. The number of nitrogens with zero attached hydrogens (tertiary/aromatic N) is 4. The maximum absolute atomic E-state index is 13.4. The van der Waals surface area contributed by atoms with Gasteiger partial charge < -0.3 is 9.47 Å². The Morgan fingerprint density at radius 2 is 1.70 bits per heavy atom. The minimum atomic E-state index is 0.0905. The summed E-state index contributed by atoms with van der Waals surface area (Å²) in [7, 11) is 4.15. The fourth-order valence-corrected chi connectivity index (χ4v) is 5.44. The van der Waals surface area contributed by atoms with Crippen LogP contribution in [0, 0.1) is 18.8 Å². The smallest absolute Gasteiger partial charge is 0.272 e. The molecule has 2 aromatic carbocycles. The Hall–Kier alpha value is -2.92.